The highest BCUT2D eigenvalue weighted by Crippen LogP contribution is 2.09. The van der Waals surface area contributed by atoms with Crippen LogP contribution in [0.4, 0.5) is 0 Å². The van der Waals surface area contributed by atoms with Gasteiger partial charge < -0.3 is 5.32 Å². The summed E-state index contributed by atoms with van der Waals surface area (Å²) in [6.07, 6.45) is 0. The van der Waals surface area contributed by atoms with E-state index in [1.54, 1.807) is 0 Å². The molecule has 72 valence electrons. The van der Waals surface area contributed by atoms with E-state index in [-0.39, 0.29) is 0 Å². The van der Waals surface area contributed by atoms with E-state index < -0.39 is 0 Å². The Labute approximate surface area is 85.1 Å². The van der Waals surface area contributed by atoms with Crippen LogP contribution in [0, 0.1) is 13.8 Å². The molecule has 0 atom stereocenters. The zero-order valence-electron chi connectivity index (χ0n) is 8.23. The van der Waals surface area contributed by atoms with Crippen LogP contribution in [0.25, 0.3) is 0 Å². The Kier molecular flexibility index (Phi) is 4.26. The van der Waals surface area contributed by atoms with Crippen LogP contribution < -0.4 is 5.32 Å². The molecular formula is C11H16ClN. The largest absolute Gasteiger partial charge is 0.311 e. The monoisotopic (exact) mass is 197 g/mol. The van der Waals surface area contributed by atoms with E-state index in [9.17, 15) is 0 Å². The molecule has 0 radical (unpaired) electrons. The summed E-state index contributed by atoms with van der Waals surface area (Å²) < 4.78 is 0. The van der Waals surface area contributed by atoms with E-state index in [0.29, 0.717) is 5.88 Å². The van der Waals surface area contributed by atoms with Crippen LogP contribution in [0.1, 0.15) is 16.7 Å². The second kappa shape index (κ2) is 5.25. The minimum absolute atomic E-state index is 0.671. The van der Waals surface area contributed by atoms with Gasteiger partial charge >= 0.3 is 0 Å². The second-order valence-corrected chi connectivity index (χ2v) is 3.67. The van der Waals surface area contributed by atoms with Crippen LogP contribution in [-0.4, -0.2) is 12.4 Å². The Morgan fingerprint density at radius 1 is 1.31 bits per heavy atom. The Morgan fingerprint density at radius 3 is 2.77 bits per heavy atom. The van der Waals surface area contributed by atoms with Crippen LogP contribution in [0.15, 0.2) is 18.2 Å². The van der Waals surface area contributed by atoms with E-state index in [1.807, 2.05) is 0 Å². The van der Waals surface area contributed by atoms with Crippen molar-refractivity contribution in [3.05, 3.63) is 34.9 Å². The van der Waals surface area contributed by atoms with Crippen molar-refractivity contribution in [1.29, 1.82) is 0 Å². The summed E-state index contributed by atoms with van der Waals surface area (Å²) in [6.45, 7) is 6.04. The van der Waals surface area contributed by atoms with E-state index in [4.69, 9.17) is 11.6 Å². The molecule has 1 aromatic carbocycles. The first-order valence-electron chi connectivity index (χ1n) is 4.57. The fraction of sp³-hybridized carbons (Fsp3) is 0.455. The fourth-order valence-electron chi connectivity index (χ4n) is 1.28. The highest BCUT2D eigenvalue weighted by molar-refractivity contribution is 6.18. The lowest BCUT2D eigenvalue weighted by Crippen LogP contribution is -2.16. The summed E-state index contributed by atoms with van der Waals surface area (Å²) in [5.41, 5.74) is 4.02. The van der Waals surface area contributed by atoms with Crippen molar-refractivity contribution in [3.8, 4) is 0 Å². The minimum atomic E-state index is 0.671. The fourth-order valence-corrected chi connectivity index (χ4v) is 1.41. The zero-order valence-corrected chi connectivity index (χ0v) is 8.99. The third kappa shape index (κ3) is 3.37. The van der Waals surface area contributed by atoms with Gasteiger partial charge in [0.2, 0.25) is 0 Å². The third-order valence-corrected chi connectivity index (χ3v) is 2.28. The van der Waals surface area contributed by atoms with E-state index >= 15 is 0 Å². The molecule has 1 rings (SSSR count). The maximum Gasteiger partial charge on any atom is 0.0348 e. The molecule has 1 aromatic rings. The number of benzene rings is 1. The topological polar surface area (TPSA) is 12.0 Å². The average molecular weight is 198 g/mol. The number of hydrogen-bond donors (Lipinski definition) is 1. The number of hydrogen-bond acceptors (Lipinski definition) is 1. The van der Waals surface area contributed by atoms with Gasteiger partial charge in [-0.3, -0.25) is 0 Å². The maximum atomic E-state index is 5.58. The third-order valence-electron chi connectivity index (χ3n) is 2.09. The molecule has 0 aliphatic rings. The normalized spacial score (nSPS) is 10.4. The van der Waals surface area contributed by atoms with Crippen LogP contribution in [0.3, 0.4) is 0 Å². The van der Waals surface area contributed by atoms with Gasteiger partial charge in [0, 0.05) is 19.0 Å². The van der Waals surface area contributed by atoms with E-state index in [2.05, 4.69) is 37.4 Å². The van der Waals surface area contributed by atoms with Gasteiger partial charge in [0.25, 0.3) is 0 Å². The molecule has 0 saturated heterocycles. The lowest BCUT2D eigenvalue weighted by Gasteiger charge is -2.07. The molecule has 0 heterocycles. The minimum Gasteiger partial charge on any atom is -0.311 e. The van der Waals surface area contributed by atoms with Gasteiger partial charge in [-0.15, -0.1) is 11.6 Å². The molecule has 1 N–H and O–H groups in total. The van der Waals surface area contributed by atoms with Gasteiger partial charge in [-0.2, -0.15) is 0 Å². The second-order valence-electron chi connectivity index (χ2n) is 3.30. The van der Waals surface area contributed by atoms with Crippen LogP contribution >= 0.6 is 11.6 Å². The predicted octanol–water partition coefficient (Wildman–Crippen LogP) is 2.63. The Bertz CT molecular complexity index is 271. The Morgan fingerprint density at radius 2 is 2.08 bits per heavy atom. The molecule has 0 aromatic heterocycles. The van der Waals surface area contributed by atoms with Crippen LogP contribution in [0.2, 0.25) is 0 Å². The number of rotatable bonds is 4. The molecule has 0 fully saturated rings. The summed E-state index contributed by atoms with van der Waals surface area (Å²) >= 11 is 5.58. The molecule has 0 amide bonds. The lowest BCUT2D eigenvalue weighted by molar-refractivity contribution is 0.726. The highest BCUT2D eigenvalue weighted by Gasteiger charge is 1.97. The first kappa shape index (κ1) is 10.6. The number of nitrogens with one attached hydrogen (secondary N) is 1. The van der Waals surface area contributed by atoms with Gasteiger partial charge in [-0.25, -0.2) is 0 Å². The predicted molar refractivity (Wildman–Crippen MR) is 58.3 cm³/mol. The van der Waals surface area contributed by atoms with Crippen molar-refractivity contribution in [2.45, 2.75) is 20.4 Å². The number of aryl methyl sites for hydroxylation is 2. The molecule has 0 unspecified atom stereocenters. The van der Waals surface area contributed by atoms with Crippen molar-refractivity contribution < 1.29 is 0 Å². The SMILES string of the molecule is Cc1ccc(C)c(CNCCCl)c1. The van der Waals surface area contributed by atoms with Crippen molar-refractivity contribution in [1.82, 2.24) is 5.32 Å². The van der Waals surface area contributed by atoms with Crippen LogP contribution in [0.5, 0.6) is 0 Å². The van der Waals surface area contributed by atoms with Gasteiger partial charge in [0.1, 0.15) is 0 Å². The standard InChI is InChI=1S/C11H16ClN/c1-9-3-4-10(2)11(7-9)8-13-6-5-12/h3-4,7,13H,5-6,8H2,1-2H3. The van der Waals surface area contributed by atoms with E-state index in [0.717, 1.165) is 13.1 Å². The van der Waals surface area contributed by atoms with Crippen LogP contribution in [-0.2, 0) is 6.54 Å². The quantitative estimate of drug-likeness (QED) is 0.578. The van der Waals surface area contributed by atoms with Crippen molar-refractivity contribution >= 4 is 11.6 Å². The number of alkyl halides is 1. The summed E-state index contributed by atoms with van der Waals surface area (Å²) in [7, 11) is 0. The molecule has 0 aliphatic heterocycles. The maximum absolute atomic E-state index is 5.58. The van der Waals surface area contributed by atoms with Gasteiger partial charge in [0.05, 0.1) is 0 Å². The molecule has 2 heteroatoms. The first-order valence-corrected chi connectivity index (χ1v) is 5.10. The molecule has 1 nitrogen and oxygen atoms in total. The highest BCUT2D eigenvalue weighted by atomic mass is 35.5. The average Bonchev–Trinajstić information content (AvgIpc) is 2.11. The Hall–Kier alpha value is -0.530. The van der Waals surface area contributed by atoms with E-state index in [1.165, 1.54) is 16.7 Å². The molecular weight excluding hydrogens is 182 g/mol. The van der Waals surface area contributed by atoms with Gasteiger partial charge in [-0.1, -0.05) is 23.8 Å². The summed E-state index contributed by atoms with van der Waals surface area (Å²) in [5.74, 6) is 0.671. The molecule has 0 bridgehead atoms. The zero-order chi connectivity index (χ0) is 9.68. The van der Waals surface area contributed by atoms with Crippen molar-refractivity contribution in [2.24, 2.45) is 0 Å². The van der Waals surface area contributed by atoms with Gasteiger partial charge in [0.15, 0.2) is 0 Å². The Balaban J connectivity index is 2.59. The molecule has 13 heavy (non-hydrogen) atoms. The lowest BCUT2D eigenvalue weighted by atomic mass is 10.1. The smallest absolute Gasteiger partial charge is 0.0348 e. The summed E-state index contributed by atoms with van der Waals surface area (Å²) in [4.78, 5) is 0. The molecule has 0 spiro atoms. The summed E-state index contributed by atoms with van der Waals surface area (Å²) in [6, 6.07) is 6.52. The first-order chi connectivity index (χ1) is 6.24. The summed E-state index contributed by atoms with van der Waals surface area (Å²) in [5, 5.41) is 3.29. The van der Waals surface area contributed by atoms with Crippen molar-refractivity contribution in [2.75, 3.05) is 12.4 Å². The number of halogens is 1. The molecule has 0 aliphatic carbocycles. The van der Waals surface area contributed by atoms with Gasteiger partial charge in [-0.05, 0) is 25.0 Å². The molecule has 0 saturated carbocycles. The van der Waals surface area contributed by atoms with Crippen molar-refractivity contribution in [3.63, 3.8) is 0 Å².